The summed E-state index contributed by atoms with van der Waals surface area (Å²) in [4.78, 5) is 27.4. The maximum atomic E-state index is 13.2. The lowest BCUT2D eigenvalue weighted by molar-refractivity contribution is -0.136. The van der Waals surface area contributed by atoms with E-state index in [1.165, 1.54) is 7.11 Å². The van der Waals surface area contributed by atoms with Crippen LogP contribution in [0.3, 0.4) is 0 Å². The molecule has 5 nitrogen and oxygen atoms in total. The molecule has 0 saturated carbocycles. The first-order chi connectivity index (χ1) is 14.6. The third-order valence-electron chi connectivity index (χ3n) is 5.39. The van der Waals surface area contributed by atoms with Gasteiger partial charge in [-0.3, -0.25) is 4.79 Å². The summed E-state index contributed by atoms with van der Waals surface area (Å²) in [6, 6.07) is 7.43. The van der Waals surface area contributed by atoms with Gasteiger partial charge in [0.05, 0.1) is 34.0 Å². The molecule has 0 radical (unpaired) electrons. The highest BCUT2D eigenvalue weighted by atomic mass is 35.5. The van der Waals surface area contributed by atoms with Gasteiger partial charge in [-0.2, -0.15) is 0 Å². The molecule has 7 heteroatoms. The van der Waals surface area contributed by atoms with E-state index in [2.05, 4.69) is 0 Å². The van der Waals surface area contributed by atoms with Gasteiger partial charge in [-0.25, -0.2) is 4.79 Å². The molecule has 0 aliphatic carbocycles. The summed E-state index contributed by atoms with van der Waals surface area (Å²) in [5.74, 6) is -0.459. The molecule has 0 bridgehead atoms. The maximum absolute atomic E-state index is 13.2. The van der Waals surface area contributed by atoms with Crippen molar-refractivity contribution in [2.75, 3.05) is 13.7 Å². The van der Waals surface area contributed by atoms with E-state index in [1.807, 2.05) is 50.5 Å². The van der Waals surface area contributed by atoms with Gasteiger partial charge in [0.15, 0.2) is 0 Å². The van der Waals surface area contributed by atoms with Gasteiger partial charge in [-0.1, -0.05) is 43.1 Å². The number of ether oxygens (including phenoxy) is 1. The molecule has 0 saturated heterocycles. The number of methoxy groups -OCH3 is 1. The Kier molecular flexibility index (Phi) is 6.68. The lowest BCUT2D eigenvalue weighted by atomic mass is 10.0. The number of rotatable bonds is 5. The van der Waals surface area contributed by atoms with E-state index in [4.69, 9.17) is 27.9 Å². The largest absolute Gasteiger partial charge is 0.465 e. The van der Waals surface area contributed by atoms with E-state index in [0.717, 1.165) is 22.6 Å². The van der Waals surface area contributed by atoms with Crippen LogP contribution in [0.5, 0.6) is 0 Å². The number of carbonyl (C=O) groups excluding carboxylic acids is 2. The van der Waals surface area contributed by atoms with Crippen LogP contribution < -0.4 is 0 Å². The number of esters is 1. The second-order valence-corrected chi connectivity index (χ2v) is 8.84. The molecule has 1 aromatic carbocycles. The fourth-order valence-corrected chi connectivity index (χ4v) is 4.32. The molecule has 0 spiro atoms. The standard InChI is InChI=1S/C24H26Cl2N2O3/c1-13(2)12-27-16(5)21(24(30)31-6)18(23(27)29)11-17-10-14(3)28(15(17)4)20-9-7-8-19(25)22(20)26/h7-11,13H,12H2,1-6H3/b18-11-. The van der Waals surface area contributed by atoms with Gasteiger partial charge in [0, 0.05) is 23.6 Å². The number of benzene rings is 1. The summed E-state index contributed by atoms with van der Waals surface area (Å²) in [6.45, 7) is 10.3. The minimum absolute atomic E-state index is 0.197. The quantitative estimate of drug-likeness (QED) is 0.422. The second kappa shape index (κ2) is 8.93. The third-order valence-corrected chi connectivity index (χ3v) is 6.20. The predicted molar refractivity (Wildman–Crippen MR) is 125 cm³/mol. The van der Waals surface area contributed by atoms with Gasteiger partial charge in [-0.15, -0.1) is 0 Å². The molecule has 1 aromatic heterocycles. The summed E-state index contributed by atoms with van der Waals surface area (Å²) < 4.78 is 6.96. The highest BCUT2D eigenvalue weighted by molar-refractivity contribution is 6.43. The Bertz CT molecular complexity index is 1130. The first-order valence-corrected chi connectivity index (χ1v) is 10.8. The van der Waals surface area contributed by atoms with Crippen molar-refractivity contribution >= 4 is 41.2 Å². The van der Waals surface area contributed by atoms with Crippen LogP contribution in [-0.2, 0) is 14.3 Å². The Hall–Kier alpha value is -2.50. The Morgan fingerprint density at radius 2 is 1.87 bits per heavy atom. The predicted octanol–water partition coefficient (Wildman–Crippen LogP) is 5.73. The van der Waals surface area contributed by atoms with E-state index < -0.39 is 5.97 Å². The molecular weight excluding hydrogens is 435 g/mol. The van der Waals surface area contributed by atoms with Gasteiger partial charge in [0.2, 0.25) is 0 Å². The van der Waals surface area contributed by atoms with Gasteiger partial charge < -0.3 is 14.2 Å². The first-order valence-electron chi connectivity index (χ1n) is 10.0. The average Bonchev–Trinajstić information content (AvgIpc) is 3.11. The summed E-state index contributed by atoms with van der Waals surface area (Å²) in [7, 11) is 1.32. The van der Waals surface area contributed by atoms with Crippen LogP contribution >= 0.6 is 23.2 Å². The van der Waals surface area contributed by atoms with Gasteiger partial charge in [0.1, 0.15) is 0 Å². The minimum atomic E-state index is -0.518. The number of amides is 1. The topological polar surface area (TPSA) is 51.5 Å². The van der Waals surface area contributed by atoms with Crippen molar-refractivity contribution < 1.29 is 14.3 Å². The molecule has 1 aliphatic heterocycles. The highest BCUT2D eigenvalue weighted by Gasteiger charge is 2.37. The van der Waals surface area contributed by atoms with Crippen molar-refractivity contribution in [3.8, 4) is 5.69 Å². The maximum Gasteiger partial charge on any atom is 0.340 e. The zero-order valence-electron chi connectivity index (χ0n) is 18.5. The summed E-state index contributed by atoms with van der Waals surface area (Å²) in [5.41, 5.74) is 4.64. The fraction of sp³-hybridized carbons (Fsp3) is 0.333. The molecule has 164 valence electrons. The van der Waals surface area contributed by atoms with Crippen molar-refractivity contribution in [3.05, 3.63) is 68.1 Å². The SMILES string of the molecule is COC(=O)C1=C(C)N(CC(C)C)C(=O)/C1=C\c1cc(C)n(-c2cccc(Cl)c2Cl)c1C. The van der Waals surface area contributed by atoms with Crippen LogP contribution in [0.25, 0.3) is 11.8 Å². The Balaban J connectivity index is 2.15. The van der Waals surface area contributed by atoms with Crippen LogP contribution in [0.1, 0.15) is 37.7 Å². The van der Waals surface area contributed by atoms with Crippen molar-refractivity contribution in [1.29, 1.82) is 0 Å². The van der Waals surface area contributed by atoms with Crippen LogP contribution in [-0.4, -0.2) is 35.0 Å². The van der Waals surface area contributed by atoms with Crippen molar-refractivity contribution in [2.24, 2.45) is 5.92 Å². The molecule has 0 atom stereocenters. The van der Waals surface area contributed by atoms with Gasteiger partial charge in [-0.05, 0) is 56.5 Å². The second-order valence-electron chi connectivity index (χ2n) is 8.05. The molecule has 31 heavy (non-hydrogen) atoms. The first kappa shape index (κ1) is 23.2. The molecule has 0 unspecified atom stereocenters. The number of halogens is 2. The van der Waals surface area contributed by atoms with Crippen molar-refractivity contribution in [3.63, 3.8) is 0 Å². The molecular formula is C24H26Cl2N2O3. The lowest BCUT2D eigenvalue weighted by Gasteiger charge is -2.19. The minimum Gasteiger partial charge on any atom is -0.465 e. The van der Waals surface area contributed by atoms with Crippen molar-refractivity contribution in [2.45, 2.75) is 34.6 Å². The van der Waals surface area contributed by atoms with E-state index in [-0.39, 0.29) is 11.8 Å². The van der Waals surface area contributed by atoms with E-state index in [1.54, 1.807) is 24.0 Å². The number of aromatic nitrogens is 1. The molecule has 0 fully saturated rings. The van der Waals surface area contributed by atoms with Gasteiger partial charge in [0.25, 0.3) is 5.91 Å². The number of aryl methyl sites for hydroxylation is 1. The zero-order valence-corrected chi connectivity index (χ0v) is 20.1. The summed E-state index contributed by atoms with van der Waals surface area (Å²) in [5, 5.41) is 0.921. The normalized spacial score (nSPS) is 15.6. The Morgan fingerprint density at radius 1 is 1.19 bits per heavy atom. The fourth-order valence-electron chi connectivity index (χ4n) is 3.94. The molecule has 1 amide bonds. The summed E-state index contributed by atoms with van der Waals surface area (Å²) >= 11 is 12.7. The number of allylic oxidation sites excluding steroid dienone is 1. The van der Waals surface area contributed by atoms with Crippen LogP contribution in [0.2, 0.25) is 10.0 Å². The number of carbonyl (C=O) groups is 2. The monoisotopic (exact) mass is 460 g/mol. The lowest BCUT2D eigenvalue weighted by Crippen LogP contribution is -2.28. The van der Waals surface area contributed by atoms with Crippen LogP contribution in [0.4, 0.5) is 0 Å². The van der Waals surface area contributed by atoms with Crippen LogP contribution in [0, 0.1) is 19.8 Å². The zero-order chi connectivity index (χ0) is 23.0. The van der Waals surface area contributed by atoms with E-state index in [9.17, 15) is 9.59 Å². The molecule has 3 rings (SSSR count). The molecule has 0 N–H and O–H groups in total. The highest BCUT2D eigenvalue weighted by Crippen LogP contribution is 2.35. The smallest absolute Gasteiger partial charge is 0.340 e. The third kappa shape index (κ3) is 4.17. The van der Waals surface area contributed by atoms with E-state index >= 15 is 0 Å². The molecule has 2 heterocycles. The Labute approximate surface area is 192 Å². The van der Waals surface area contributed by atoms with Crippen LogP contribution in [0.15, 0.2) is 41.1 Å². The molecule has 2 aromatic rings. The summed E-state index contributed by atoms with van der Waals surface area (Å²) in [6.07, 6.45) is 1.76. The number of hydrogen-bond acceptors (Lipinski definition) is 3. The van der Waals surface area contributed by atoms with Gasteiger partial charge >= 0.3 is 5.97 Å². The molecule has 1 aliphatic rings. The average molecular weight is 461 g/mol. The number of hydrogen-bond donors (Lipinski definition) is 0. The van der Waals surface area contributed by atoms with E-state index in [0.29, 0.717) is 33.4 Å². The Morgan fingerprint density at radius 3 is 2.48 bits per heavy atom. The number of nitrogens with zero attached hydrogens (tertiary/aromatic N) is 2. The van der Waals surface area contributed by atoms with Crippen molar-refractivity contribution in [1.82, 2.24) is 9.47 Å².